The van der Waals surface area contributed by atoms with Gasteiger partial charge >= 0.3 is 11.8 Å². The molecular formula is C9H11FN2O2. The Morgan fingerprint density at radius 1 is 1.29 bits per heavy atom. The van der Waals surface area contributed by atoms with Gasteiger partial charge in [0, 0.05) is 32.4 Å². The van der Waals surface area contributed by atoms with Crippen molar-refractivity contribution in [3.63, 3.8) is 0 Å². The van der Waals surface area contributed by atoms with Crippen molar-refractivity contribution >= 4 is 11.8 Å². The van der Waals surface area contributed by atoms with Gasteiger partial charge in [-0.1, -0.05) is 0 Å². The largest absolute Gasteiger partial charge is 0.346 e. The molecule has 0 aromatic rings. The molecule has 0 atom stereocenters. The van der Waals surface area contributed by atoms with E-state index in [1.54, 1.807) is 4.90 Å². The highest BCUT2D eigenvalue weighted by atomic mass is 19.1. The molecule has 1 aliphatic heterocycles. The maximum Gasteiger partial charge on any atom is 0.312 e. The van der Waals surface area contributed by atoms with Crippen molar-refractivity contribution in [1.82, 2.24) is 10.2 Å². The number of carbonyl (C=O) groups is 2. The van der Waals surface area contributed by atoms with Gasteiger partial charge in [-0.2, -0.15) is 0 Å². The summed E-state index contributed by atoms with van der Waals surface area (Å²) >= 11 is 0. The molecule has 0 aromatic carbocycles. The second kappa shape index (κ2) is 2.10. The first-order valence-electron chi connectivity index (χ1n) is 4.84. The maximum absolute atomic E-state index is 13.3. The quantitative estimate of drug-likeness (QED) is 0.582. The molecule has 4 aliphatic rings. The Labute approximate surface area is 80.4 Å². The van der Waals surface area contributed by atoms with Crippen LogP contribution in [0.1, 0.15) is 19.3 Å². The van der Waals surface area contributed by atoms with Gasteiger partial charge in [0.2, 0.25) is 0 Å². The van der Waals surface area contributed by atoms with Crippen molar-refractivity contribution in [2.75, 3.05) is 13.1 Å². The molecule has 4 nitrogen and oxygen atoms in total. The number of nitrogens with zero attached hydrogens (tertiary/aromatic N) is 1. The van der Waals surface area contributed by atoms with Crippen LogP contribution in [-0.4, -0.2) is 41.0 Å². The first-order chi connectivity index (χ1) is 6.55. The number of hydrogen-bond acceptors (Lipinski definition) is 2. The third kappa shape index (κ3) is 0.779. The number of nitrogens with one attached hydrogen (secondary N) is 1. The van der Waals surface area contributed by atoms with Crippen molar-refractivity contribution in [3.8, 4) is 0 Å². The highest BCUT2D eigenvalue weighted by Gasteiger charge is 2.72. The lowest BCUT2D eigenvalue weighted by molar-refractivity contribution is -0.227. The molecule has 3 saturated carbocycles. The Bertz CT molecular complexity index is 322. The van der Waals surface area contributed by atoms with E-state index in [0.717, 1.165) is 0 Å². The predicted octanol–water partition coefficient (Wildman–Crippen LogP) is -0.411. The van der Waals surface area contributed by atoms with Crippen molar-refractivity contribution in [2.24, 2.45) is 0 Å². The number of halogens is 1. The molecule has 1 N–H and O–H groups in total. The van der Waals surface area contributed by atoms with Crippen LogP contribution in [-0.2, 0) is 9.59 Å². The van der Waals surface area contributed by atoms with Gasteiger partial charge < -0.3 is 10.2 Å². The van der Waals surface area contributed by atoms with Gasteiger partial charge in [-0.05, 0) is 0 Å². The van der Waals surface area contributed by atoms with E-state index in [0.29, 0.717) is 32.4 Å². The van der Waals surface area contributed by atoms with Crippen LogP contribution in [0.25, 0.3) is 0 Å². The van der Waals surface area contributed by atoms with E-state index in [4.69, 9.17) is 0 Å². The van der Waals surface area contributed by atoms with Crippen LogP contribution in [0.2, 0.25) is 0 Å². The molecule has 0 unspecified atom stereocenters. The zero-order chi connectivity index (χ0) is 9.97. The van der Waals surface area contributed by atoms with Gasteiger partial charge in [0.25, 0.3) is 0 Å². The molecule has 0 spiro atoms. The average Bonchev–Trinajstić information content (AvgIpc) is 2.03. The van der Waals surface area contributed by atoms with Crippen LogP contribution in [0.4, 0.5) is 4.39 Å². The first-order valence-corrected chi connectivity index (χ1v) is 4.84. The van der Waals surface area contributed by atoms with E-state index < -0.39 is 17.5 Å². The normalized spacial score (nSPS) is 45.4. The average molecular weight is 198 g/mol. The fourth-order valence-corrected chi connectivity index (χ4v) is 2.93. The molecule has 0 radical (unpaired) electrons. The molecule has 2 bridgehead atoms. The number of rotatable bonds is 1. The second-order valence-corrected chi connectivity index (χ2v) is 4.62. The van der Waals surface area contributed by atoms with Crippen molar-refractivity contribution in [1.29, 1.82) is 0 Å². The van der Waals surface area contributed by atoms with Crippen LogP contribution in [0.5, 0.6) is 0 Å². The Kier molecular flexibility index (Phi) is 1.23. The summed E-state index contributed by atoms with van der Waals surface area (Å²) in [6.07, 6.45) is 1.29. The second-order valence-electron chi connectivity index (χ2n) is 4.62. The van der Waals surface area contributed by atoms with Crippen molar-refractivity contribution < 1.29 is 14.0 Å². The van der Waals surface area contributed by atoms with E-state index in [1.807, 2.05) is 0 Å². The minimum Gasteiger partial charge on any atom is -0.346 e. The summed E-state index contributed by atoms with van der Waals surface area (Å²) < 4.78 is 13.3. The summed E-state index contributed by atoms with van der Waals surface area (Å²) in [6.45, 7) is 1.02. The van der Waals surface area contributed by atoms with Gasteiger partial charge in [-0.3, -0.25) is 9.59 Å². The molecule has 2 amide bonds. The number of alkyl halides is 1. The van der Waals surface area contributed by atoms with E-state index in [-0.39, 0.29) is 5.54 Å². The van der Waals surface area contributed by atoms with Crippen molar-refractivity contribution in [2.45, 2.75) is 30.5 Å². The van der Waals surface area contributed by atoms with Gasteiger partial charge in [0.05, 0.1) is 5.54 Å². The molecule has 1 saturated heterocycles. The molecule has 5 heteroatoms. The number of hydrogen-bond donors (Lipinski definition) is 1. The van der Waals surface area contributed by atoms with Gasteiger partial charge in [0.15, 0.2) is 0 Å². The van der Waals surface area contributed by atoms with E-state index in [9.17, 15) is 14.0 Å². The molecule has 14 heavy (non-hydrogen) atoms. The highest BCUT2D eigenvalue weighted by molar-refractivity contribution is 6.35. The van der Waals surface area contributed by atoms with E-state index in [2.05, 4.69) is 5.32 Å². The highest BCUT2D eigenvalue weighted by Crippen LogP contribution is 2.65. The lowest BCUT2D eigenvalue weighted by Crippen LogP contribution is -2.79. The Hall–Kier alpha value is -1.13. The number of amides is 2. The third-order valence-corrected chi connectivity index (χ3v) is 3.57. The predicted molar refractivity (Wildman–Crippen MR) is 45.1 cm³/mol. The van der Waals surface area contributed by atoms with Crippen LogP contribution in [0.3, 0.4) is 0 Å². The number of carbonyl (C=O) groups excluding carboxylic acids is 2. The lowest BCUT2D eigenvalue weighted by Gasteiger charge is -2.69. The molecule has 1 heterocycles. The summed E-state index contributed by atoms with van der Waals surface area (Å²) in [5.74, 6) is -1.04. The molecule has 4 fully saturated rings. The minimum absolute atomic E-state index is 0.302. The van der Waals surface area contributed by atoms with E-state index >= 15 is 0 Å². The number of piperazine rings is 1. The van der Waals surface area contributed by atoms with Crippen LogP contribution in [0.15, 0.2) is 0 Å². The zero-order valence-electron chi connectivity index (χ0n) is 7.68. The maximum atomic E-state index is 13.3. The SMILES string of the molecule is O=C1NCCN(C23CC(F)(C2)C3)C1=O. The fraction of sp³-hybridized carbons (Fsp3) is 0.778. The standard InChI is InChI=1S/C9H11FN2O2/c10-8-3-9(4-8,5-8)12-2-1-11-6(13)7(12)14/h1-5H2,(H,11,13). The first kappa shape index (κ1) is 8.20. The zero-order valence-corrected chi connectivity index (χ0v) is 7.68. The smallest absolute Gasteiger partial charge is 0.312 e. The molecule has 76 valence electrons. The fourth-order valence-electron chi connectivity index (χ4n) is 2.93. The summed E-state index contributed by atoms with van der Waals surface area (Å²) in [4.78, 5) is 24.1. The lowest BCUT2D eigenvalue weighted by atomic mass is 9.46. The van der Waals surface area contributed by atoms with Gasteiger partial charge in [0.1, 0.15) is 5.67 Å². The minimum atomic E-state index is -1.02. The molecule has 3 aliphatic carbocycles. The van der Waals surface area contributed by atoms with Gasteiger partial charge in [-0.15, -0.1) is 0 Å². The Morgan fingerprint density at radius 3 is 2.50 bits per heavy atom. The van der Waals surface area contributed by atoms with Crippen LogP contribution >= 0.6 is 0 Å². The topological polar surface area (TPSA) is 49.4 Å². The summed E-state index contributed by atoms with van der Waals surface area (Å²) in [7, 11) is 0. The molecular weight excluding hydrogens is 187 g/mol. The third-order valence-electron chi connectivity index (χ3n) is 3.57. The molecule has 0 aromatic heterocycles. The van der Waals surface area contributed by atoms with Gasteiger partial charge in [-0.25, -0.2) is 4.39 Å². The molecule has 4 rings (SSSR count). The Morgan fingerprint density at radius 2 is 1.93 bits per heavy atom. The Balaban J connectivity index is 1.79. The van der Waals surface area contributed by atoms with Crippen LogP contribution < -0.4 is 5.32 Å². The monoisotopic (exact) mass is 198 g/mol. The summed E-state index contributed by atoms with van der Waals surface area (Å²) in [5.41, 5.74) is -1.32. The summed E-state index contributed by atoms with van der Waals surface area (Å²) in [6, 6.07) is 0. The van der Waals surface area contributed by atoms with Crippen molar-refractivity contribution in [3.05, 3.63) is 0 Å². The van der Waals surface area contributed by atoms with E-state index in [1.165, 1.54) is 0 Å². The van der Waals surface area contributed by atoms with Crippen LogP contribution in [0, 0.1) is 0 Å². The summed E-state index contributed by atoms with van der Waals surface area (Å²) in [5, 5.41) is 2.48.